The summed E-state index contributed by atoms with van der Waals surface area (Å²) >= 11 is 0. The molecule has 1 atom stereocenters. The Morgan fingerprint density at radius 1 is 1.07 bits per heavy atom. The number of amides is 1. The Balaban J connectivity index is 1.85. The van der Waals surface area contributed by atoms with Crippen LogP contribution >= 0.6 is 0 Å². The average molecular weight is 410 g/mol. The van der Waals surface area contributed by atoms with E-state index in [1.54, 1.807) is 24.3 Å². The van der Waals surface area contributed by atoms with Crippen LogP contribution in [-0.4, -0.2) is 40.1 Å². The zero-order valence-corrected chi connectivity index (χ0v) is 16.0. The smallest absolute Gasteiger partial charge is 0.324 e. The number of nitrogens with one attached hydrogen (secondary N) is 2. The summed E-state index contributed by atoms with van der Waals surface area (Å²) in [6.07, 6.45) is 0. The fraction of sp³-hybridized carbons (Fsp3) is 0.222. The molecule has 0 saturated carbocycles. The Labute approximate surface area is 161 Å². The van der Waals surface area contributed by atoms with Crippen molar-refractivity contribution < 1.29 is 31.9 Å². The molecule has 0 aliphatic carbocycles. The van der Waals surface area contributed by atoms with Gasteiger partial charge in [0.15, 0.2) is 6.61 Å². The number of halogens is 1. The summed E-state index contributed by atoms with van der Waals surface area (Å²) in [4.78, 5) is 23.6. The number of hydrogen-bond donors (Lipinski definition) is 2. The third-order valence-corrected chi connectivity index (χ3v) is 5.09. The highest BCUT2D eigenvalue weighted by Gasteiger charge is 2.23. The number of hydrogen-bond acceptors (Lipinski definition) is 6. The molecule has 2 rings (SSSR count). The third kappa shape index (κ3) is 6.03. The third-order valence-electron chi connectivity index (χ3n) is 3.53. The van der Waals surface area contributed by atoms with Gasteiger partial charge in [-0.3, -0.25) is 9.59 Å². The molecule has 8 nitrogen and oxygen atoms in total. The topological polar surface area (TPSA) is 111 Å². The van der Waals surface area contributed by atoms with Crippen LogP contribution in [0.2, 0.25) is 0 Å². The highest BCUT2D eigenvalue weighted by atomic mass is 32.2. The molecule has 150 valence electrons. The standard InChI is InChI=1S/C18H19FN2O6S/c1-12(21-28(24,25)16-9-3-13(19)4-10-16)18(23)27-11-17(22)20-14-5-7-15(26-2)8-6-14/h3-10,12,21H,11H2,1-2H3,(H,20,22)/t12-/m0/s1. The fourth-order valence-corrected chi connectivity index (χ4v) is 3.29. The van der Waals surface area contributed by atoms with Gasteiger partial charge in [0.05, 0.1) is 12.0 Å². The molecule has 0 fully saturated rings. The van der Waals surface area contributed by atoms with E-state index in [-0.39, 0.29) is 4.90 Å². The van der Waals surface area contributed by atoms with Crippen LogP contribution in [0, 0.1) is 5.82 Å². The van der Waals surface area contributed by atoms with E-state index in [2.05, 4.69) is 10.0 Å². The first-order valence-corrected chi connectivity index (χ1v) is 9.58. The number of carbonyl (C=O) groups excluding carboxylic acids is 2. The average Bonchev–Trinajstić information content (AvgIpc) is 2.66. The number of anilines is 1. The quantitative estimate of drug-likeness (QED) is 0.641. The molecule has 2 aromatic carbocycles. The molecule has 2 aromatic rings. The van der Waals surface area contributed by atoms with Crippen LogP contribution in [-0.2, 0) is 24.3 Å². The van der Waals surface area contributed by atoms with Crippen molar-refractivity contribution in [1.29, 1.82) is 0 Å². The van der Waals surface area contributed by atoms with Crippen molar-refractivity contribution in [3.05, 3.63) is 54.3 Å². The molecule has 0 bridgehead atoms. The van der Waals surface area contributed by atoms with Crippen LogP contribution in [0.4, 0.5) is 10.1 Å². The van der Waals surface area contributed by atoms with Crippen LogP contribution in [0.3, 0.4) is 0 Å². The first kappa shape index (κ1) is 21.3. The van der Waals surface area contributed by atoms with Gasteiger partial charge in [-0.15, -0.1) is 0 Å². The molecule has 10 heteroatoms. The van der Waals surface area contributed by atoms with Gasteiger partial charge in [0.2, 0.25) is 10.0 Å². The lowest BCUT2D eigenvalue weighted by Crippen LogP contribution is -2.40. The fourth-order valence-electron chi connectivity index (χ4n) is 2.10. The lowest BCUT2D eigenvalue weighted by molar-refractivity contribution is -0.148. The minimum Gasteiger partial charge on any atom is -0.497 e. The highest BCUT2D eigenvalue weighted by Crippen LogP contribution is 2.15. The van der Waals surface area contributed by atoms with E-state index < -0.39 is 40.4 Å². The molecule has 28 heavy (non-hydrogen) atoms. The molecule has 1 amide bonds. The van der Waals surface area contributed by atoms with Crippen molar-refractivity contribution >= 4 is 27.6 Å². The van der Waals surface area contributed by atoms with Crippen LogP contribution in [0.25, 0.3) is 0 Å². The van der Waals surface area contributed by atoms with Crippen LogP contribution in [0.1, 0.15) is 6.92 Å². The van der Waals surface area contributed by atoms with Gasteiger partial charge in [0.25, 0.3) is 5.91 Å². The summed E-state index contributed by atoms with van der Waals surface area (Å²) in [6.45, 7) is 0.679. The van der Waals surface area contributed by atoms with E-state index in [1.165, 1.54) is 14.0 Å². The number of esters is 1. The Morgan fingerprint density at radius 3 is 2.25 bits per heavy atom. The van der Waals surface area contributed by atoms with E-state index in [0.29, 0.717) is 11.4 Å². The summed E-state index contributed by atoms with van der Waals surface area (Å²) in [6, 6.07) is 9.37. The minimum absolute atomic E-state index is 0.203. The zero-order valence-electron chi connectivity index (χ0n) is 15.1. The van der Waals surface area contributed by atoms with E-state index >= 15 is 0 Å². The number of sulfonamides is 1. The lowest BCUT2D eigenvalue weighted by Gasteiger charge is -2.14. The first-order chi connectivity index (χ1) is 13.2. The minimum atomic E-state index is -4.04. The summed E-state index contributed by atoms with van der Waals surface area (Å²) in [5.41, 5.74) is 0.479. The van der Waals surface area contributed by atoms with Crippen LogP contribution in [0.5, 0.6) is 5.75 Å². The monoisotopic (exact) mass is 410 g/mol. The predicted molar refractivity (Wildman–Crippen MR) is 98.8 cm³/mol. The number of methoxy groups -OCH3 is 1. The maximum Gasteiger partial charge on any atom is 0.324 e. The van der Waals surface area contributed by atoms with E-state index in [0.717, 1.165) is 24.3 Å². The first-order valence-electron chi connectivity index (χ1n) is 8.09. The van der Waals surface area contributed by atoms with E-state index in [1.807, 2.05) is 0 Å². The second kappa shape index (κ2) is 9.29. The maximum atomic E-state index is 12.9. The van der Waals surface area contributed by atoms with Crippen molar-refractivity contribution in [2.45, 2.75) is 17.9 Å². The summed E-state index contributed by atoms with van der Waals surface area (Å²) in [5, 5.41) is 2.52. The Hall–Kier alpha value is -2.98. The number of benzene rings is 2. The van der Waals surface area contributed by atoms with Gasteiger partial charge in [-0.05, 0) is 55.5 Å². The van der Waals surface area contributed by atoms with Crippen molar-refractivity contribution in [1.82, 2.24) is 4.72 Å². The molecule has 0 radical (unpaired) electrons. The van der Waals surface area contributed by atoms with Gasteiger partial charge < -0.3 is 14.8 Å². The van der Waals surface area contributed by atoms with Crippen LogP contribution < -0.4 is 14.8 Å². The molecule has 0 heterocycles. The number of ether oxygens (including phenoxy) is 2. The molecular formula is C18H19FN2O6S. The van der Waals surface area contributed by atoms with Gasteiger partial charge in [-0.2, -0.15) is 4.72 Å². The number of carbonyl (C=O) groups is 2. The van der Waals surface area contributed by atoms with Crippen molar-refractivity contribution in [2.75, 3.05) is 19.0 Å². The zero-order chi connectivity index (χ0) is 20.7. The van der Waals surface area contributed by atoms with Gasteiger partial charge in [0.1, 0.15) is 17.6 Å². The van der Waals surface area contributed by atoms with Crippen molar-refractivity contribution in [3.8, 4) is 5.75 Å². The maximum absolute atomic E-state index is 12.9. The summed E-state index contributed by atoms with van der Waals surface area (Å²) in [7, 11) is -2.53. The van der Waals surface area contributed by atoms with Gasteiger partial charge in [-0.1, -0.05) is 0 Å². The molecule has 0 spiro atoms. The Bertz CT molecular complexity index is 930. The molecule has 0 aromatic heterocycles. The number of rotatable bonds is 8. The van der Waals surface area contributed by atoms with Crippen molar-refractivity contribution in [3.63, 3.8) is 0 Å². The summed E-state index contributed by atoms with van der Waals surface area (Å²) < 4.78 is 49.1. The molecule has 2 N–H and O–H groups in total. The van der Waals surface area contributed by atoms with Crippen molar-refractivity contribution in [2.24, 2.45) is 0 Å². The predicted octanol–water partition coefficient (Wildman–Crippen LogP) is 1.68. The second-order valence-electron chi connectivity index (χ2n) is 5.68. The van der Waals surface area contributed by atoms with Gasteiger partial charge in [0, 0.05) is 5.69 Å². The molecule has 0 saturated heterocycles. The highest BCUT2D eigenvalue weighted by molar-refractivity contribution is 7.89. The Kier molecular flexibility index (Phi) is 7.07. The van der Waals surface area contributed by atoms with E-state index in [9.17, 15) is 22.4 Å². The van der Waals surface area contributed by atoms with E-state index in [4.69, 9.17) is 9.47 Å². The molecular weight excluding hydrogens is 391 g/mol. The SMILES string of the molecule is COc1ccc(NC(=O)COC(=O)[C@H](C)NS(=O)(=O)c2ccc(F)cc2)cc1. The molecule has 0 aliphatic rings. The van der Waals surface area contributed by atoms with Gasteiger partial charge in [-0.25, -0.2) is 12.8 Å². The molecule has 0 aliphatic heterocycles. The van der Waals surface area contributed by atoms with Crippen LogP contribution in [0.15, 0.2) is 53.4 Å². The lowest BCUT2D eigenvalue weighted by atomic mass is 10.3. The summed E-state index contributed by atoms with van der Waals surface area (Å²) in [5.74, 6) is -1.50. The largest absolute Gasteiger partial charge is 0.497 e. The van der Waals surface area contributed by atoms with Gasteiger partial charge >= 0.3 is 5.97 Å². The second-order valence-corrected chi connectivity index (χ2v) is 7.40. The normalized spacial score (nSPS) is 12.1. The molecule has 0 unspecified atom stereocenters. The Morgan fingerprint density at radius 2 is 1.68 bits per heavy atom.